The Bertz CT molecular complexity index is 1190. The van der Waals surface area contributed by atoms with Gasteiger partial charge in [-0.3, -0.25) is 9.78 Å². The average molecular weight is 444 g/mol. The van der Waals surface area contributed by atoms with Crippen LogP contribution < -0.4 is 10.1 Å². The van der Waals surface area contributed by atoms with E-state index in [9.17, 15) is 4.79 Å². The lowest BCUT2D eigenvalue weighted by molar-refractivity contribution is 0.102. The van der Waals surface area contributed by atoms with Crippen LogP contribution in [0, 0.1) is 6.92 Å². The second-order valence-electron chi connectivity index (χ2n) is 7.31. The summed E-state index contributed by atoms with van der Waals surface area (Å²) in [6, 6.07) is 22.5. The second kappa shape index (κ2) is 10.1. The molecule has 5 nitrogen and oxygen atoms in total. The van der Waals surface area contributed by atoms with Crippen molar-refractivity contribution in [3.63, 3.8) is 0 Å². The number of benzene rings is 2. The summed E-state index contributed by atoms with van der Waals surface area (Å²) < 4.78 is 5.68. The van der Waals surface area contributed by atoms with E-state index in [-0.39, 0.29) is 5.91 Å². The van der Waals surface area contributed by atoms with Crippen LogP contribution in [-0.4, -0.2) is 22.5 Å². The Labute approximate surface area is 192 Å². The number of hydrogen-bond donors (Lipinski definition) is 1. The quantitative estimate of drug-likeness (QED) is 0.381. The molecule has 0 unspecified atom stereocenters. The summed E-state index contributed by atoms with van der Waals surface area (Å²) >= 11 is 6.02. The molecule has 32 heavy (non-hydrogen) atoms. The third kappa shape index (κ3) is 5.50. The molecule has 0 radical (unpaired) electrons. The smallest absolute Gasteiger partial charge is 0.256 e. The zero-order valence-corrected chi connectivity index (χ0v) is 18.3. The molecule has 1 amide bonds. The SMILES string of the molecule is Cc1ccc(C(=O)Nc2ccc(OCCc3ccccn3)nc2)c(-c2ccc(Cl)cc2)c1. The van der Waals surface area contributed by atoms with Gasteiger partial charge in [0.15, 0.2) is 0 Å². The molecule has 0 fully saturated rings. The fraction of sp³-hybridized carbons (Fsp3) is 0.115. The van der Waals surface area contributed by atoms with E-state index in [1.807, 2.05) is 67.6 Å². The number of rotatable bonds is 7. The highest BCUT2D eigenvalue weighted by atomic mass is 35.5. The molecule has 2 aromatic heterocycles. The minimum absolute atomic E-state index is 0.208. The van der Waals surface area contributed by atoms with Crippen molar-refractivity contribution in [3.8, 4) is 17.0 Å². The maximum Gasteiger partial charge on any atom is 0.256 e. The number of halogens is 1. The maximum absolute atomic E-state index is 13.0. The first-order valence-corrected chi connectivity index (χ1v) is 10.6. The van der Waals surface area contributed by atoms with Gasteiger partial charge in [0.1, 0.15) is 0 Å². The Morgan fingerprint density at radius 2 is 1.84 bits per heavy atom. The van der Waals surface area contributed by atoms with Crippen molar-refractivity contribution in [2.75, 3.05) is 11.9 Å². The molecule has 160 valence electrons. The molecule has 0 aliphatic carbocycles. The number of carbonyl (C=O) groups is 1. The predicted octanol–water partition coefficient (Wildman–Crippen LogP) is 5.98. The predicted molar refractivity (Wildman–Crippen MR) is 127 cm³/mol. The summed E-state index contributed by atoms with van der Waals surface area (Å²) in [6.45, 7) is 2.47. The zero-order chi connectivity index (χ0) is 22.3. The lowest BCUT2D eigenvalue weighted by atomic mass is 9.97. The number of carbonyl (C=O) groups excluding carboxylic acids is 1. The van der Waals surface area contributed by atoms with Gasteiger partial charge in [-0.2, -0.15) is 0 Å². The molecule has 0 saturated carbocycles. The van der Waals surface area contributed by atoms with Crippen LogP contribution in [0.25, 0.3) is 11.1 Å². The summed E-state index contributed by atoms with van der Waals surface area (Å²) in [4.78, 5) is 21.6. The molecule has 1 N–H and O–H groups in total. The van der Waals surface area contributed by atoms with E-state index in [0.29, 0.717) is 35.2 Å². The van der Waals surface area contributed by atoms with Gasteiger partial charge in [0.2, 0.25) is 5.88 Å². The van der Waals surface area contributed by atoms with Gasteiger partial charge in [0.05, 0.1) is 18.5 Å². The van der Waals surface area contributed by atoms with Crippen molar-refractivity contribution in [2.45, 2.75) is 13.3 Å². The van der Waals surface area contributed by atoms with Crippen LogP contribution in [0.2, 0.25) is 5.02 Å². The van der Waals surface area contributed by atoms with Crippen molar-refractivity contribution in [1.82, 2.24) is 9.97 Å². The third-order valence-electron chi connectivity index (χ3n) is 4.90. The van der Waals surface area contributed by atoms with E-state index in [0.717, 1.165) is 22.4 Å². The van der Waals surface area contributed by atoms with Gasteiger partial charge < -0.3 is 10.1 Å². The van der Waals surface area contributed by atoms with Crippen LogP contribution >= 0.6 is 11.6 Å². The number of pyridine rings is 2. The standard InChI is InChI=1S/C26H22ClN3O2/c1-18-5-11-23(24(16-18)19-6-8-20(27)9-7-19)26(31)30-22-10-12-25(29-17-22)32-15-13-21-4-2-3-14-28-21/h2-12,14,16-17H,13,15H2,1H3,(H,30,31). The Morgan fingerprint density at radius 3 is 2.56 bits per heavy atom. The molecule has 0 saturated heterocycles. The molecule has 2 heterocycles. The second-order valence-corrected chi connectivity index (χ2v) is 7.75. The molecular weight excluding hydrogens is 422 g/mol. The summed E-state index contributed by atoms with van der Waals surface area (Å²) in [5.74, 6) is 0.289. The molecule has 2 aromatic carbocycles. The number of amides is 1. The van der Waals surface area contributed by atoms with Gasteiger partial charge in [-0.1, -0.05) is 47.5 Å². The Hall–Kier alpha value is -3.70. The van der Waals surface area contributed by atoms with Gasteiger partial charge in [0.25, 0.3) is 5.91 Å². The van der Waals surface area contributed by atoms with Gasteiger partial charge >= 0.3 is 0 Å². The number of nitrogens with one attached hydrogen (secondary N) is 1. The van der Waals surface area contributed by atoms with Gasteiger partial charge in [-0.05, 0) is 54.4 Å². The summed E-state index contributed by atoms with van der Waals surface area (Å²) in [6.07, 6.45) is 4.05. The maximum atomic E-state index is 13.0. The topological polar surface area (TPSA) is 64.1 Å². The fourth-order valence-electron chi connectivity index (χ4n) is 3.27. The third-order valence-corrected chi connectivity index (χ3v) is 5.16. The van der Waals surface area contributed by atoms with E-state index in [1.54, 1.807) is 24.5 Å². The van der Waals surface area contributed by atoms with Crippen molar-refractivity contribution in [2.24, 2.45) is 0 Å². The number of hydrogen-bond acceptors (Lipinski definition) is 4. The molecule has 0 bridgehead atoms. The van der Waals surface area contributed by atoms with Crippen molar-refractivity contribution in [1.29, 1.82) is 0 Å². The molecule has 0 atom stereocenters. The van der Waals surface area contributed by atoms with Crippen LogP contribution in [0.15, 0.2) is 85.2 Å². The molecular formula is C26H22ClN3O2. The first-order chi connectivity index (χ1) is 15.6. The number of aromatic nitrogens is 2. The normalized spacial score (nSPS) is 10.6. The van der Waals surface area contributed by atoms with Crippen LogP contribution in [0.1, 0.15) is 21.6 Å². The first kappa shape index (κ1) is 21.5. The van der Waals surface area contributed by atoms with Crippen LogP contribution in [0.3, 0.4) is 0 Å². The van der Waals surface area contributed by atoms with Gasteiger partial charge in [-0.25, -0.2) is 4.98 Å². The van der Waals surface area contributed by atoms with Gasteiger partial charge in [-0.15, -0.1) is 0 Å². The van der Waals surface area contributed by atoms with Crippen molar-refractivity contribution in [3.05, 3.63) is 107 Å². The number of ether oxygens (including phenoxy) is 1. The van der Waals surface area contributed by atoms with Crippen molar-refractivity contribution < 1.29 is 9.53 Å². The largest absolute Gasteiger partial charge is 0.477 e. The lowest BCUT2D eigenvalue weighted by Gasteiger charge is -2.12. The monoisotopic (exact) mass is 443 g/mol. The van der Waals surface area contributed by atoms with E-state index < -0.39 is 0 Å². The van der Waals surface area contributed by atoms with Crippen LogP contribution in [0.4, 0.5) is 5.69 Å². The lowest BCUT2D eigenvalue weighted by Crippen LogP contribution is -2.13. The van der Waals surface area contributed by atoms with E-state index in [1.165, 1.54) is 0 Å². The Kier molecular flexibility index (Phi) is 6.78. The molecule has 6 heteroatoms. The van der Waals surface area contributed by atoms with E-state index in [4.69, 9.17) is 16.3 Å². The number of anilines is 1. The highest BCUT2D eigenvalue weighted by molar-refractivity contribution is 6.30. The van der Waals surface area contributed by atoms with Crippen LogP contribution in [-0.2, 0) is 6.42 Å². The minimum Gasteiger partial charge on any atom is -0.477 e. The minimum atomic E-state index is -0.208. The van der Waals surface area contributed by atoms with E-state index >= 15 is 0 Å². The molecule has 0 aliphatic rings. The van der Waals surface area contributed by atoms with E-state index in [2.05, 4.69) is 15.3 Å². The summed E-state index contributed by atoms with van der Waals surface area (Å²) in [5, 5.41) is 3.57. The average Bonchev–Trinajstić information content (AvgIpc) is 2.81. The fourth-order valence-corrected chi connectivity index (χ4v) is 3.39. The highest BCUT2D eigenvalue weighted by Crippen LogP contribution is 2.27. The summed E-state index contributed by atoms with van der Waals surface area (Å²) in [5.41, 5.74) is 4.98. The molecule has 4 rings (SSSR count). The summed E-state index contributed by atoms with van der Waals surface area (Å²) in [7, 11) is 0. The Morgan fingerprint density at radius 1 is 1.00 bits per heavy atom. The number of nitrogens with zero attached hydrogens (tertiary/aromatic N) is 2. The van der Waals surface area contributed by atoms with Crippen molar-refractivity contribution >= 4 is 23.2 Å². The van der Waals surface area contributed by atoms with Gasteiger partial charge in [0, 0.05) is 35.0 Å². The molecule has 0 spiro atoms. The Balaban J connectivity index is 1.42. The van der Waals surface area contributed by atoms with Crippen LogP contribution in [0.5, 0.6) is 5.88 Å². The zero-order valence-electron chi connectivity index (χ0n) is 17.6. The number of aryl methyl sites for hydroxylation is 1. The first-order valence-electron chi connectivity index (χ1n) is 10.3. The molecule has 4 aromatic rings. The molecule has 0 aliphatic heterocycles. The highest BCUT2D eigenvalue weighted by Gasteiger charge is 2.14.